The number of imide groups is 1. The van der Waals surface area contributed by atoms with Crippen LogP contribution in [0, 0.1) is 17.7 Å². The number of benzene rings is 1. The first-order chi connectivity index (χ1) is 18.2. The lowest BCUT2D eigenvalue weighted by molar-refractivity contribution is -0.137. The average Bonchev–Trinajstić information content (AvgIpc) is 3.64. The summed E-state index contributed by atoms with van der Waals surface area (Å²) in [6.45, 7) is 6.18. The van der Waals surface area contributed by atoms with Crippen LogP contribution in [0.1, 0.15) is 76.7 Å². The van der Waals surface area contributed by atoms with Gasteiger partial charge in [-0.25, -0.2) is 9.18 Å². The number of hydrogen-bond acceptors (Lipinski definition) is 4. The third-order valence-electron chi connectivity index (χ3n) is 10.3. The number of carbonyl (C=O) groups is 3. The fraction of sp³-hybridized carbons (Fsp3) is 0.700. The number of piperidine rings is 1. The van der Waals surface area contributed by atoms with Gasteiger partial charge in [-0.2, -0.15) is 0 Å². The van der Waals surface area contributed by atoms with Gasteiger partial charge < -0.3 is 9.80 Å². The van der Waals surface area contributed by atoms with Gasteiger partial charge in [-0.05, 0) is 76.0 Å². The molecule has 6 rings (SSSR count). The molecule has 2 unspecified atom stereocenters. The maximum atomic E-state index is 14.3. The number of fused-ring (bicyclic) bond motifs is 2. The van der Waals surface area contributed by atoms with Gasteiger partial charge >= 0.3 is 6.03 Å². The Bertz CT molecular complexity index is 1100. The van der Waals surface area contributed by atoms with Crippen molar-refractivity contribution in [1.82, 2.24) is 19.6 Å². The summed E-state index contributed by atoms with van der Waals surface area (Å²) in [5.41, 5.74) is 0.228. The average molecular weight is 525 g/mol. The normalized spacial score (nSPS) is 34.1. The first kappa shape index (κ1) is 25.8. The van der Waals surface area contributed by atoms with E-state index in [9.17, 15) is 18.8 Å². The number of carbonyl (C=O) groups excluding carboxylic acids is 3. The van der Waals surface area contributed by atoms with Crippen LogP contribution in [0.15, 0.2) is 24.3 Å². The first-order valence-electron chi connectivity index (χ1n) is 14.6. The topological polar surface area (TPSA) is 64.2 Å². The molecule has 206 valence electrons. The molecule has 5 fully saturated rings. The molecule has 4 saturated heterocycles. The number of amides is 4. The van der Waals surface area contributed by atoms with Crippen molar-refractivity contribution >= 4 is 17.8 Å². The smallest absolute Gasteiger partial charge is 0.327 e. The Morgan fingerprint density at radius 1 is 1.05 bits per heavy atom. The number of urea groups is 1. The lowest BCUT2D eigenvalue weighted by Gasteiger charge is -2.48. The summed E-state index contributed by atoms with van der Waals surface area (Å²) in [6, 6.07) is 7.14. The predicted octanol–water partition coefficient (Wildman–Crippen LogP) is 4.23. The fourth-order valence-electron chi connectivity index (χ4n) is 8.60. The second kappa shape index (κ2) is 9.61. The first-order valence-corrected chi connectivity index (χ1v) is 14.6. The van der Waals surface area contributed by atoms with E-state index < -0.39 is 5.54 Å². The third-order valence-corrected chi connectivity index (χ3v) is 10.3. The molecule has 8 heteroatoms. The molecule has 4 heterocycles. The van der Waals surface area contributed by atoms with Gasteiger partial charge in [-0.1, -0.05) is 25.0 Å². The Morgan fingerprint density at radius 2 is 1.74 bits per heavy atom. The highest BCUT2D eigenvalue weighted by atomic mass is 19.1. The van der Waals surface area contributed by atoms with E-state index in [2.05, 4.69) is 9.80 Å². The Hall–Kier alpha value is -2.48. The molecule has 0 N–H and O–H groups in total. The maximum Gasteiger partial charge on any atom is 0.327 e. The summed E-state index contributed by atoms with van der Waals surface area (Å²) in [5, 5.41) is 0. The number of nitrogens with zero attached hydrogens (tertiary/aromatic N) is 4. The minimum absolute atomic E-state index is 0.0373. The SMILES string of the molecule is CC(C)N1C(=O)N(C)C(=O)C12CC1CCC(C2)N1C[C@H]1CN(C(=O)C2CCCC2)C[C@@H]1c1cccc(F)c1. The van der Waals surface area contributed by atoms with Crippen molar-refractivity contribution < 1.29 is 18.8 Å². The van der Waals surface area contributed by atoms with Crippen LogP contribution in [0.2, 0.25) is 0 Å². The van der Waals surface area contributed by atoms with Gasteiger partial charge in [0.25, 0.3) is 5.91 Å². The summed E-state index contributed by atoms with van der Waals surface area (Å²) in [5.74, 6) is 0.433. The van der Waals surface area contributed by atoms with E-state index in [4.69, 9.17) is 0 Å². The summed E-state index contributed by atoms with van der Waals surface area (Å²) < 4.78 is 14.3. The molecule has 5 aliphatic rings. The molecule has 4 aliphatic heterocycles. The van der Waals surface area contributed by atoms with Gasteiger partial charge in [0.1, 0.15) is 11.4 Å². The van der Waals surface area contributed by atoms with Crippen LogP contribution in [-0.4, -0.2) is 87.8 Å². The Labute approximate surface area is 225 Å². The lowest BCUT2D eigenvalue weighted by atomic mass is 9.79. The highest BCUT2D eigenvalue weighted by Crippen LogP contribution is 2.49. The maximum absolute atomic E-state index is 14.3. The second-order valence-corrected chi connectivity index (χ2v) is 12.8. The van der Waals surface area contributed by atoms with Crippen molar-refractivity contribution in [2.24, 2.45) is 11.8 Å². The molecule has 2 bridgehead atoms. The van der Waals surface area contributed by atoms with Crippen molar-refractivity contribution in [2.75, 3.05) is 26.7 Å². The van der Waals surface area contributed by atoms with E-state index >= 15 is 0 Å². The molecule has 1 saturated carbocycles. The minimum atomic E-state index is -0.746. The quantitative estimate of drug-likeness (QED) is 0.541. The van der Waals surface area contributed by atoms with E-state index in [0.717, 1.165) is 50.6 Å². The van der Waals surface area contributed by atoms with Gasteiger partial charge in [0.2, 0.25) is 5.91 Å². The van der Waals surface area contributed by atoms with Gasteiger partial charge in [-0.15, -0.1) is 0 Å². The van der Waals surface area contributed by atoms with E-state index in [1.54, 1.807) is 19.2 Å². The van der Waals surface area contributed by atoms with Crippen LogP contribution in [0.4, 0.5) is 9.18 Å². The molecule has 38 heavy (non-hydrogen) atoms. The summed E-state index contributed by atoms with van der Waals surface area (Å²) in [6.07, 6.45) is 7.59. The number of halogens is 1. The zero-order chi connectivity index (χ0) is 26.8. The zero-order valence-corrected chi connectivity index (χ0v) is 22.9. The molecule has 1 aromatic rings. The molecule has 1 aliphatic carbocycles. The number of rotatable bonds is 5. The Kier molecular flexibility index (Phi) is 6.52. The number of likely N-dealkylation sites (tertiary alicyclic amines) is 1. The second-order valence-electron chi connectivity index (χ2n) is 12.8. The van der Waals surface area contributed by atoms with Crippen LogP contribution in [0.3, 0.4) is 0 Å². The standard InChI is InChI=1S/C30H41FN4O3/c1-19(2)35-29(38)32(3)28(37)30(35)14-24-11-12-25(15-30)34(24)17-22-16-33(27(36)20-7-4-5-8-20)18-26(22)21-9-6-10-23(31)13-21/h6,9-10,13,19-20,22,24-26H,4-5,7-8,11-12,14-18H2,1-3H3/t22-,24?,25?,26-,30?/m1/s1. The predicted molar refractivity (Wildman–Crippen MR) is 142 cm³/mol. The zero-order valence-electron chi connectivity index (χ0n) is 22.9. The largest absolute Gasteiger partial charge is 0.341 e. The van der Waals surface area contributed by atoms with Crippen LogP contribution in [0.5, 0.6) is 0 Å². The van der Waals surface area contributed by atoms with E-state index in [0.29, 0.717) is 25.9 Å². The monoisotopic (exact) mass is 524 g/mol. The number of hydrogen-bond donors (Lipinski definition) is 0. The summed E-state index contributed by atoms with van der Waals surface area (Å²) in [7, 11) is 1.61. The van der Waals surface area contributed by atoms with Crippen molar-refractivity contribution in [3.8, 4) is 0 Å². The van der Waals surface area contributed by atoms with Gasteiger partial charge in [0.15, 0.2) is 0 Å². The molecular weight excluding hydrogens is 483 g/mol. The molecule has 7 nitrogen and oxygen atoms in total. The van der Waals surface area contributed by atoms with Crippen molar-refractivity contribution in [2.45, 2.75) is 94.8 Å². The molecule has 4 amide bonds. The van der Waals surface area contributed by atoms with Gasteiger partial charge in [-0.3, -0.25) is 19.4 Å². The lowest BCUT2D eigenvalue weighted by Crippen LogP contribution is -2.62. The highest BCUT2D eigenvalue weighted by molar-refractivity contribution is 6.07. The molecule has 4 atom stereocenters. The molecule has 1 spiro atoms. The van der Waals surface area contributed by atoms with Crippen molar-refractivity contribution in [3.05, 3.63) is 35.6 Å². The van der Waals surface area contributed by atoms with Gasteiger partial charge in [0.05, 0.1) is 0 Å². The summed E-state index contributed by atoms with van der Waals surface area (Å²) >= 11 is 0. The van der Waals surface area contributed by atoms with E-state index in [1.165, 1.54) is 11.0 Å². The van der Waals surface area contributed by atoms with Crippen LogP contribution < -0.4 is 0 Å². The van der Waals surface area contributed by atoms with Crippen molar-refractivity contribution in [1.29, 1.82) is 0 Å². The minimum Gasteiger partial charge on any atom is -0.341 e. The fourth-order valence-corrected chi connectivity index (χ4v) is 8.60. The molecule has 0 aromatic heterocycles. The molecular formula is C30H41FN4O3. The third kappa shape index (κ3) is 4.05. The van der Waals surface area contributed by atoms with E-state index in [-0.39, 0.29) is 59.5 Å². The van der Waals surface area contributed by atoms with Gasteiger partial charge in [0, 0.05) is 56.6 Å². The van der Waals surface area contributed by atoms with E-state index in [1.807, 2.05) is 24.8 Å². The van der Waals surface area contributed by atoms with Crippen molar-refractivity contribution in [3.63, 3.8) is 0 Å². The molecule has 1 aromatic carbocycles. The molecule has 0 radical (unpaired) electrons. The van der Waals surface area contributed by atoms with Crippen LogP contribution in [0.25, 0.3) is 0 Å². The van der Waals surface area contributed by atoms with Crippen LogP contribution in [-0.2, 0) is 9.59 Å². The highest BCUT2D eigenvalue weighted by Gasteiger charge is 2.62. The number of likely N-dealkylation sites (N-methyl/N-ethyl adjacent to an activating group) is 1. The Balaban J connectivity index is 1.24. The summed E-state index contributed by atoms with van der Waals surface area (Å²) in [4.78, 5) is 47.6. The van der Waals surface area contributed by atoms with Crippen LogP contribution >= 0.6 is 0 Å². The Morgan fingerprint density at radius 3 is 2.37 bits per heavy atom.